The second-order valence-corrected chi connectivity index (χ2v) is 7.51. The Morgan fingerprint density at radius 3 is 2.59 bits per heavy atom. The molecule has 1 aliphatic rings. The molecule has 2 heterocycles. The Bertz CT molecular complexity index is 1180. The molecule has 1 aliphatic heterocycles. The van der Waals surface area contributed by atoms with Gasteiger partial charge in [0.15, 0.2) is 0 Å². The zero-order valence-corrected chi connectivity index (χ0v) is 19.6. The summed E-state index contributed by atoms with van der Waals surface area (Å²) in [6.45, 7) is 6.51. The molecule has 0 saturated carbocycles. The number of morpholine rings is 1. The van der Waals surface area contributed by atoms with Gasteiger partial charge in [0.2, 0.25) is 17.8 Å². The molecular weight excluding hydrogens is 460 g/mol. The third-order valence-electron chi connectivity index (χ3n) is 5.06. The predicted octanol–water partition coefficient (Wildman–Crippen LogP) is 3.84. The standard InChI is InChI=1S/C22H24N8O3.ClH/c1-15-7-8-16(2)18(13-15)24-20-25-21(27-22(26-20)29-9-11-33-12-10-29)28-23-14-17-5-3-4-6-19(17)30(31)32;/h3-8,13-14H,9-12H2,1-2H3,(H2,24,25,26,27,28);1H/b23-14+;. The number of halogens is 1. The van der Waals surface area contributed by atoms with Crippen LogP contribution in [0.1, 0.15) is 16.7 Å². The molecule has 1 aromatic heterocycles. The Balaban J connectivity index is 0.00000324. The van der Waals surface area contributed by atoms with Crippen LogP contribution < -0.4 is 15.6 Å². The van der Waals surface area contributed by atoms with Gasteiger partial charge in [-0.1, -0.05) is 24.3 Å². The summed E-state index contributed by atoms with van der Waals surface area (Å²) in [7, 11) is 0. The molecule has 0 unspecified atom stereocenters. The number of benzene rings is 2. The number of hydrazone groups is 1. The highest BCUT2D eigenvalue weighted by Crippen LogP contribution is 2.22. The molecule has 178 valence electrons. The molecule has 1 fully saturated rings. The molecule has 0 spiro atoms. The summed E-state index contributed by atoms with van der Waals surface area (Å²) in [6, 6.07) is 12.4. The van der Waals surface area contributed by atoms with Crippen LogP contribution in [0.4, 0.5) is 29.2 Å². The van der Waals surface area contributed by atoms with Gasteiger partial charge < -0.3 is 15.0 Å². The number of anilines is 4. The Hall–Kier alpha value is -3.83. The molecular formula is C22H25ClN8O3. The highest BCUT2D eigenvalue weighted by molar-refractivity contribution is 5.85. The van der Waals surface area contributed by atoms with Crippen LogP contribution in [-0.4, -0.2) is 52.4 Å². The van der Waals surface area contributed by atoms with E-state index in [1.54, 1.807) is 18.2 Å². The minimum absolute atomic E-state index is 0. The van der Waals surface area contributed by atoms with Crippen LogP contribution >= 0.6 is 12.4 Å². The third kappa shape index (κ3) is 6.15. The lowest BCUT2D eigenvalue weighted by atomic mass is 10.1. The molecule has 11 nitrogen and oxygen atoms in total. The Kier molecular flexibility index (Phi) is 8.28. The van der Waals surface area contributed by atoms with Crippen LogP contribution in [0.3, 0.4) is 0 Å². The monoisotopic (exact) mass is 484 g/mol. The molecule has 2 N–H and O–H groups in total. The highest BCUT2D eigenvalue weighted by Gasteiger charge is 2.17. The number of hydrogen-bond donors (Lipinski definition) is 2. The quantitative estimate of drug-likeness (QED) is 0.291. The van der Waals surface area contributed by atoms with Gasteiger partial charge >= 0.3 is 0 Å². The van der Waals surface area contributed by atoms with Crippen molar-refractivity contribution in [1.29, 1.82) is 0 Å². The Labute approximate surface area is 202 Å². The number of hydrogen-bond acceptors (Lipinski definition) is 10. The number of aryl methyl sites for hydroxylation is 2. The average molecular weight is 485 g/mol. The minimum atomic E-state index is -0.451. The first-order chi connectivity index (χ1) is 16.0. The first-order valence-corrected chi connectivity index (χ1v) is 10.4. The minimum Gasteiger partial charge on any atom is -0.378 e. The van der Waals surface area contributed by atoms with Crippen molar-refractivity contribution in [3.63, 3.8) is 0 Å². The van der Waals surface area contributed by atoms with Gasteiger partial charge in [-0.3, -0.25) is 10.1 Å². The number of nitrogens with one attached hydrogen (secondary N) is 2. The zero-order chi connectivity index (χ0) is 23.2. The number of ether oxygens (including phenoxy) is 1. The van der Waals surface area contributed by atoms with Gasteiger partial charge in [0.25, 0.3) is 5.69 Å². The second kappa shape index (κ2) is 11.3. The van der Waals surface area contributed by atoms with Crippen LogP contribution in [0.25, 0.3) is 0 Å². The predicted molar refractivity (Wildman–Crippen MR) is 134 cm³/mol. The zero-order valence-electron chi connectivity index (χ0n) is 18.8. The number of rotatable bonds is 7. The van der Waals surface area contributed by atoms with E-state index in [9.17, 15) is 10.1 Å². The smallest absolute Gasteiger partial charge is 0.278 e. The van der Waals surface area contributed by atoms with Crippen LogP contribution in [-0.2, 0) is 4.74 Å². The summed E-state index contributed by atoms with van der Waals surface area (Å²) >= 11 is 0. The first kappa shape index (κ1) is 24.8. The second-order valence-electron chi connectivity index (χ2n) is 7.51. The SMILES string of the molecule is Cc1ccc(C)c(Nc2nc(N/N=C/c3ccccc3[N+](=O)[O-])nc(N3CCOCC3)n2)c1.Cl. The van der Waals surface area contributed by atoms with Crippen molar-refractivity contribution >= 4 is 47.8 Å². The maximum absolute atomic E-state index is 11.2. The summed E-state index contributed by atoms with van der Waals surface area (Å²) in [5.74, 6) is 1.07. The van der Waals surface area contributed by atoms with Crippen LogP contribution in [0.2, 0.25) is 0 Å². The van der Waals surface area contributed by atoms with Crippen LogP contribution in [0.15, 0.2) is 47.6 Å². The van der Waals surface area contributed by atoms with Crippen molar-refractivity contribution in [3.05, 3.63) is 69.3 Å². The van der Waals surface area contributed by atoms with E-state index in [0.29, 0.717) is 43.8 Å². The van der Waals surface area contributed by atoms with Crippen molar-refractivity contribution in [1.82, 2.24) is 15.0 Å². The molecule has 12 heteroatoms. The summed E-state index contributed by atoms with van der Waals surface area (Å²) < 4.78 is 5.43. The molecule has 4 rings (SSSR count). The van der Waals surface area contributed by atoms with Gasteiger partial charge in [-0.05, 0) is 37.1 Å². The Morgan fingerprint density at radius 2 is 1.82 bits per heavy atom. The van der Waals surface area contributed by atoms with Crippen molar-refractivity contribution in [2.24, 2.45) is 5.10 Å². The fraction of sp³-hybridized carbons (Fsp3) is 0.273. The van der Waals surface area contributed by atoms with E-state index in [2.05, 4.69) is 30.8 Å². The topological polar surface area (TPSA) is 131 Å². The molecule has 0 bridgehead atoms. The number of nitrogens with zero attached hydrogens (tertiary/aromatic N) is 6. The third-order valence-corrected chi connectivity index (χ3v) is 5.06. The van der Waals surface area contributed by atoms with E-state index in [4.69, 9.17) is 4.74 Å². The number of nitro groups is 1. The molecule has 1 saturated heterocycles. The maximum atomic E-state index is 11.2. The van der Waals surface area contributed by atoms with E-state index in [0.717, 1.165) is 16.8 Å². The van der Waals surface area contributed by atoms with Crippen molar-refractivity contribution < 1.29 is 9.66 Å². The normalized spacial score (nSPS) is 13.4. The van der Waals surface area contributed by atoms with Gasteiger partial charge in [0.1, 0.15) is 0 Å². The lowest BCUT2D eigenvalue weighted by Crippen LogP contribution is -2.37. The van der Waals surface area contributed by atoms with E-state index in [1.807, 2.05) is 36.9 Å². The van der Waals surface area contributed by atoms with Crippen LogP contribution in [0.5, 0.6) is 0 Å². The highest BCUT2D eigenvalue weighted by atomic mass is 35.5. The average Bonchev–Trinajstić information content (AvgIpc) is 2.82. The maximum Gasteiger partial charge on any atom is 0.278 e. The molecule has 0 amide bonds. The molecule has 0 radical (unpaired) electrons. The lowest BCUT2D eigenvalue weighted by molar-refractivity contribution is -0.385. The van der Waals surface area contributed by atoms with Crippen molar-refractivity contribution in [3.8, 4) is 0 Å². The van der Waals surface area contributed by atoms with Gasteiger partial charge in [0.05, 0.1) is 29.9 Å². The largest absolute Gasteiger partial charge is 0.378 e. The number of aromatic nitrogens is 3. The summed E-state index contributed by atoms with van der Waals surface area (Å²) in [5, 5.41) is 18.6. The van der Waals surface area contributed by atoms with Gasteiger partial charge in [-0.25, -0.2) is 5.43 Å². The summed E-state index contributed by atoms with van der Waals surface area (Å²) in [5.41, 5.74) is 6.16. The molecule has 3 aromatic rings. The summed E-state index contributed by atoms with van der Waals surface area (Å²) in [4.78, 5) is 26.3. The number of nitro benzene ring substituents is 1. The molecule has 0 aliphatic carbocycles. The van der Waals surface area contributed by atoms with E-state index < -0.39 is 4.92 Å². The molecule has 34 heavy (non-hydrogen) atoms. The van der Waals surface area contributed by atoms with Crippen LogP contribution in [0, 0.1) is 24.0 Å². The number of para-hydroxylation sites is 1. The fourth-order valence-corrected chi connectivity index (χ4v) is 3.29. The van der Waals surface area contributed by atoms with Crippen molar-refractivity contribution in [2.75, 3.05) is 41.9 Å². The summed E-state index contributed by atoms with van der Waals surface area (Å²) in [6.07, 6.45) is 1.37. The van der Waals surface area contributed by atoms with Gasteiger partial charge in [0, 0.05) is 24.8 Å². The molecule has 0 atom stereocenters. The van der Waals surface area contributed by atoms with Gasteiger partial charge in [-0.2, -0.15) is 20.1 Å². The Morgan fingerprint density at radius 1 is 1.09 bits per heavy atom. The van der Waals surface area contributed by atoms with E-state index in [-0.39, 0.29) is 24.0 Å². The van der Waals surface area contributed by atoms with E-state index in [1.165, 1.54) is 12.3 Å². The van der Waals surface area contributed by atoms with Gasteiger partial charge in [-0.15, -0.1) is 12.4 Å². The lowest BCUT2D eigenvalue weighted by Gasteiger charge is -2.27. The van der Waals surface area contributed by atoms with Crippen molar-refractivity contribution in [2.45, 2.75) is 13.8 Å². The molecule has 2 aromatic carbocycles. The van der Waals surface area contributed by atoms with E-state index >= 15 is 0 Å². The first-order valence-electron chi connectivity index (χ1n) is 10.4. The fourth-order valence-electron chi connectivity index (χ4n) is 3.29.